The first-order chi connectivity index (χ1) is 5.65. The molecule has 5 nitrogen and oxygen atoms in total. The summed E-state index contributed by atoms with van der Waals surface area (Å²) in [6, 6.07) is -0.370. The van der Waals surface area contributed by atoms with E-state index in [-0.39, 0.29) is 19.1 Å². The fourth-order valence-corrected chi connectivity index (χ4v) is 0.949. The molecular formula is C7H14N2O3. The van der Waals surface area contributed by atoms with E-state index in [0.29, 0.717) is 6.29 Å². The lowest BCUT2D eigenvalue weighted by molar-refractivity contribution is -0.119. The van der Waals surface area contributed by atoms with Crippen molar-refractivity contribution in [3.8, 4) is 0 Å². The summed E-state index contributed by atoms with van der Waals surface area (Å²) in [5, 5.41) is 11.5. The van der Waals surface area contributed by atoms with E-state index < -0.39 is 11.8 Å². The first-order valence-electron chi connectivity index (χ1n) is 3.67. The smallest absolute Gasteiger partial charge is 0.219 e. The lowest BCUT2D eigenvalue weighted by Crippen LogP contribution is -2.39. The van der Waals surface area contributed by atoms with Crippen LogP contribution in [0.4, 0.5) is 0 Å². The standard InChI is InChI=1S/C7H14N2O3/c1-9-6(2-7(8)12)5(3-10)4-11/h3,5-6,9,11H,2,4H2,1H3,(H2,8,12). The maximum atomic E-state index is 10.5. The fourth-order valence-electron chi connectivity index (χ4n) is 0.949. The zero-order chi connectivity index (χ0) is 9.56. The van der Waals surface area contributed by atoms with Gasteiger partial charge in [0.15, 0.2) is 0 Å². The highest BCUT2D eigenvalue weighted by atomic mass is 16.3. The highest BCUT2D eigenvalue weighted by Gasteiger charge is 2.20. The van der Waals surface area contributed by atoms with E-state index in [1.807, 2.05) is 0 Å². The average molecular weight is 174 g/mol. The van der Waals surface area contributed by atoms with Crippen molar-refractivity contribution in [3.63, 3.8) is 0 Å². The number of nitrogens with one attached hydrogen (secondary N) is 1. The maximum Gasteiger partial charge on any atom is 0.219 e. The first-order valence-corrected chi connectivity index (χ1v) is 3.67. The van der Waals surface area contributed by atoms with Crippen LogP contribution in [0.25, 0.3) is 0 Å². The van der Waals surface area contributed by atoms with Gasteiger partial charge in [0.1, 0.15) is 6.29 Å². The summed E-state index contributed by atoms with van der Waals surface area (Å²) >= 11 is 0. The summed E-state index contributed by atoms with van der Waals surface area (Å²) in [6.45, 7) is -0.276. The second-order valence-corrected chi connectivity index (χ2v) is 2.55. The molecule has 0 aromatic heterocycles. The van der Waals surface area contributed by atoms with Gasteiger partial charge in [0.25, 0.3) is 0 Å². The van der Waals surface area contributed by atoms with E-state index in [9.17, 15) is 9.59 Å². The van der Waals surface area contributed by atoms with Crippen molar-refractivity contribution in [1.82, 2.24) is 5.32 Å². The van der Waals surface area contributed by atoms with Crippen molar-refractivity contribution in [2.45, 2.75) is 12.5 Å². The number of hydrogen-bond acceptors (Lipinski definition) is 4. The molecule has 4 N–H and O–H groups in total. The molecule has 0 aliphatic rings. The fraction of sp³-hybridized carbons (Fsp3) is 0.714. The van der Waals surface area contributed by atoms with Crippen LogP contribution in [-0.4, -0.2) is 37.0 Å². The van der Waals surface area contributed by atoms with Gasteiger partial charge in [-0.25, -0.2) is 0 Å². The van der Waals surface area contributed by atoms with Crippen LogP contribution in [0.3, 0.4) is 0 Å². The lowest BCUT2D eigenvalue weighted by atomic mass is 9.99. The molecule has 0 radical (unpaired) electrons. The van der Waals surface area contributed by atoms with Gasteiger partial charge in [-0.1, -0.05) is 0 Å². The Balaban J connectivity index is 4.10. The number of aldehydes is 1. The van der Waals surface area contributed by atoms with Crippen LogP contribution in [0.15, 0.2) is 0 Å². The number of rotatable bonds is 6. The second kappa shape index (κ2) is 5.68. The van der Waals surface area contributed by atoms with Crippen LogP contribution in [0.1, 0.15) is 6.42 Å². The van der Waals surface area contributed by atoms with Gasteiger partial charge in [0.2, 0.25) is 5.91 Å². The molecule has 0 saturated carbocycles. The van der Waals surface area contributed by atoms with Gasteiger partial charge >= 0.3 is 0 Å². The molecule has 12 heavy (non-hydrogen) atoms. The van der Waals surface area contributed by atoms with Gasteiger partial charge in [-0.15, -0.1) is 0 Å². The minimum Gasteiger partial charge on any atom is -0.396 e. The predicted octanol–water partition coefficient (Wildman–Crippen LogP) is -1.74. The maximum absolute atomic E-state index is 10.5. The lowest BCUT2D eigenvalue weighted by Gasteiger charge is -2.18. The molecule has 0 heterocycles. The molecule has 0 aromatic carbocycles. The number of primary amides is 1. The Kier molecular flexibility index (Phi) is 5.23. The summed E-state index contributed by atoms with van der Waals surface area (Å²) in [5.74, 6) is -1.06. The molecule has 0 fully saturated rings. The third-order valence-electron chi connectivity index (χ3n) is 1.69. The molecule has 2 unspecified atom stereocenters. The van der Waals surface area contributed by atoms with Gasteiger partial charge in [0, 0.05) is 12.5 Å². The Labute approximate surface area is 70.9 Å². The quantitative estimate of drug-likeness (QED) is 0.417. The third-order valence-corrected chi connectivity index (χ3v) is 1.69. The molecule has 5 heteroatoms. The van der Waals surface area contributed by atoms with Gasteiger partial charge in [-0.3, -0.25) is 4.79 Å². The van der Waals surface area contributed by atoms with Gasteiger partial charge < -0.3 is 21.0 Å². The molecule has 0 aliphatic heterocycles. The topological polar surface area (TPSA) is 92.4 Å². The molecule has 0 spiro atoms. The van der Waals surface area contributed by atoms with Crippen LogP contribution in [0.5, 0.6) is 0 Å². The molecule has 0 rings (SSSR count). The van der Waals surface area contributed by atoms with E-state index in [0.717, 1.165) is 0 Å². The van der Waals surface area contributed by atoms with E-state index in [4.69, 9.17) is 10.8 Å². The average Bonchev–Trinajstić information content (AvgIpc) is 2.04. The molecule has 1 amide bonds. The van der Waals surface area contributed by atoms with E-state index in [1.54, 1.807) is 7.05 Å². The van der Waals surface area contributed by atoms with Crippen LogP contribution in [-0.2, 0) is 9.59 Å². The number of nitrogens with two attached hydrogens (primary N) is 1. The van der Waals surface area contributed by atoms with Crippen molar-refractivity contribution in [2.75, 3.05) is 13.7 Å². The summed E-state index contributed by atoms with van der Waals surface area (Å²) in [5.41, 5.74) is 4.94. The number of hydrogen-bond donors (Lipinski definition) is 3. The Morgan fingerprint density at radius 3 is 2.58 bits per heavy atom. The Hall–Kier alpha value is -0.940. The number of carbonyl (C=O) groups excluding carboxylic acids is 2. The largest absolute Gasteiger partial charge is 0.396 e. The molecule has 2 atom stereocenters. The minimum absolute atomic E-state index is 0.0560. The zero-order valence-corrected chi connectivity index (χ0v) is 6.99. The van der Waals surface area contributed by atoms with Crippen molar-refractivity contribution in [1.29, 1.82) is 0 Å². The molecule has 0 aliphatic carbocycles. The number of aliphatic hydroxyl groups is 1. The van der Waals surface area contributed by atoms with Crippen LogP contribution < -0.4 is 11.1 Å². The van der Waals surface area contributed by atoms with Gasteiger partial charge in [-0.05, 0) is 7.05 Å². The van der Waals surface area contributed by atoms with Crippen molar-refractivity contribution in [3.05, 3.63) is 0 Å². The summed E-state index contributed by atoms with van der Waals surface area (Å²) in [7, 11) is 1.61. The summed E-state index contributed by atoms with van der Waals surface area (Å²) in [4.78, 5) is 20.9. The minimum atomic E-state index is -0.567. The summed E-state index contributed by atoms with van der Waals surface area (Å²) in [6.07, 6.45) is 0.671. The van der Waals surface area contributed by atoms with Crippen molar-refractivity contribution in [2.24, 2.45) is 11.7 Å². The van der Waals surface area contributed by atoms with Crippen molar-refractivity contribution < 1.29 is 14.7 Å². The third kappa shape index (κ3) is 3.45. The normalized spacial score (nSPS) is 15.2. The van der Waals surface area contributed by atoms with Crippen molar-refractivity contribution >= 4 is 12.2 Å². The van der Waals surface area contributed by atoms with Crippen LogP contribution in [0, 0.1) is 5.92 Å². The Morgan fingerprint density at radius 2 is 2.33 bits per heavy atom. The second-order valence-electron chi connectivity index (χ2n) is 2.55. The molecule has 0 saturated heterocycles. The molecule has 0 bridgehead atoms. The van der Waals surface area contributed by atoms with Crippen LogP contribution >= 0.6 is 0 Å². The van der Waals surface area contributed by atoms with E-state index >= 15 is 0 Å². The number of aliphatic hydroxyl groups excluding tert-OH is 1. The number of carbonyl (C=O) groups is 2. The zero-order valence-electron chi connectivity index (χ0n) is 6.99. The SMILES string of the molecule is CNC(CC(N)=O)C(C=O)CO. The van der Waals surface area contributed by atoms with Crippen LogP contribution in [0.2, 0.25) is 0 Å². The molecule has 70 valence electrons. The van der Waals surface area contributed by atoms with Gasteiger partial charge in [-0.2, -0.15) is 0 Å². The number of amides is 1. The van der Waals surface area contributed by atoms with E-state index in [2.05, 4.69) is 5.32 Å². The Morgan fingerprint density at radius 1 is 1.75 bits per heavy atom. The highest BCUT2D eigenvalue weighted by Crippen LogP contribution is 2.03. The first kappa shape index (κ1) is 11.1. The van der Waals surface area contributed by atoms with Gasteiger partial charge in [0.05, 0.1) is 12.5 Å². The van der Waals surface area contributed by atoms with E-state index in [1.165, 1.54) is 0 Å². The Bertz CT molecular complexity index is 161. The molecular weight excluding hydrogens is 160 g/mol. The predicted molar refractivity (Wildman–Crippen MR) is 43.3 cm³/mol. The monoisotopic (exact) mass is 174 g/mol. The highest BCUT2D eigenvalue weighted by molar-refractivity contribution is 5.75. The molecule has 0 aromatic rings. The summed E-state index contributed by atoms with van der Waals surface area (Å²) < 4.78 is 0.